The Morgan fingerprint density at radius 2 is 1.76 bits per heavy atom. The minimum absolute atomic E-state index is 0.218. The quantitative estimate of drug-likeness (QED) is 0.755. The number of benzene rings is 2. The highest BCUT2D eigenvalue weighted by molar-refractivity contribution is 5.89. The molecule has 2 heteroatoms. The van der Waals surface area contributed by atoms with E-state index in [1.807, 2.05) is 12.1 Å². The number of hydrogen-bond acceptors (Lipinski definition) is 1. The van der Waals surface area contributed by atoms with Gasteiger partial charge in [-0.05, 0) is 76.6 Å². The van der Waals surface area contributed by atoms with Gasteiger partial charge in [0.1, 0.15) is 0 Å². The van der Waals surface area contributed by atoms with E-state index in [1.54, 1.807) is 12.1 Å². The molecule has 0 aliphatic heterocycles. The molecular weight excluding hydrogens is 308 g/mol. The van der Waals surface area contributed by atoms with Gasteiger partial charge < -0.3 is 5.11 Å². The molecule has 1 aliphatic carbocycles. The van der Waals surface area contributed by atoms with E-state index < -0.39 is 5.97 Å². The molecule has 0 saturated heterocycles. The number of carbonyl (C=O) groups is 1. The number of aryl methyl sites for hydroxylation is 1. The summed E-state index contributed by atoms with van der Waals surface area (Å²) in [5.41, 5.74) is 7.72. The second-order valence-corrected chi connectivity index (χ2v) is 7.94. The van der Waals surface area contributed by atoms with Crippen molar-refractivity contribution in [2.24, 2.45) is 0 Å². The lowest BCUT2D eigenvalue weighted by molar-refractivity contribution is 0.0697. The maximum absolute atomic E-state index is 11.0. The van der Waals surface area contributed by atoms with Crippen LogP contribution in [0.5, 0.6) is 0 Å². The first-order chi connectivity index (χ1) is 11.7. The largest absolute Gasteiger partial charge is 0.478 e. The molecule has 1 aliphatic rings. The van der Waals surface area contributed by atoms with E-state index in [4.69, 9.17) is 5.11 Å². The number of aromatic carboxylic acids is 1. The zero-order valence-corrected chi connectivity index (χ0v) is 15.5. The maximum Gasteiger partial charge on any atom is 0.335 e. The first-order valence-corrected chi connectivity index (χ1v) is 8.89. The van der Waals surface area contributed by atoms with Gasteiger partial charge in [-0.3, -0.25) is 0 Å². The van der Waals surface area contributed by atoms with Gasteiger partial charge in [-0.2, -0.15) is 0 Å². The molecule has 1 N–H and O–H groups in total. The fourth-order valence-corrected chi connectivity index (χ4v) is 3.88. The molecule has 2 nitrogen and oxygen atoms in total. The van der Waals surface area contributed by atoms with E-state index in [0.717, 1.165) is 16.7 Å². The molecule has 0 radical (unpaired) electrons. The minimum Gasteiger partial charge on any atom is -0.478 e. The number of carboxylic acids is 1. The Labute approximate surface area is 150 Å². The number of carboxylic acid groups (broad SMARTS) is 1. The third-order valence-corrected chi connectivity index (χ3v) is 5.66. The third kappa shape index (κ3) is 3.13. The Bertz CT molecular complexity index is 841. The van der Waals surface area contributed by atoms with E-state index in [1.165, 1.54) is 29.5 Å². The first kappa shape index (κ1) is 17.5. The van der Waals surface area contributed by atoms with Gasteiger partial charge in [0.05, 0.1) is 5.56 Å². The molecule has 0 aromatic heterocycles. The fourth-order valence-electron chi connectivity index (χ4n) is 3.88. The highest BCUT2D eigenvalue weighted by Gasteiger charge is 2.31. The average Bonchev–Trinajstić information content (AvgIpc) is 2.58. The molecule has 0 amide bonds. The van der Waals surface area contributed by atoms with Gasteiger partial charge in [0, 0.05) is 0 Å². The van der Waals surface area contributed by atoms with Gasteiger partial charge in [-0.25, -0.2) is 4.79 Å². The summed E-state index contributed by atoms with van der Waals surface area (Å²) in [6.07, 6.45) is 2.43. The summed E-state index contributed by atoms with van der Waals surface area (Å²) in [6, 6.07) is 11.6. The predicted molar refractivity (Wildman–Crippen MR) is 103 cm³/mol. The van der Waals surface area contributed by atoms with Crippen LogP contribution in [-0.2, 0) is 5.41 Å². The molecule has 0 bridgehead atoms. The van der Waals surface area contributed by atoms with Crippen molar-refractivity contribution in [2.75, 3.05) is 0 Å². The van der Waals surface area contributed by atoms with Crippen molar-refractivity contribution in [1.29, 1.82) is 0 Å². The molecule has 2 aromatic rings. The maximum atomic E-state index is 11.0. The summed E-state index contributed by atoms with van der Waals surface area (Å²) in [6.45, 7) is 13.4. The van der Waals surface area contributed by atoms with Gasteiger partial charge in [-0.15, -0.1) is 0 Å². The normalized spacial score (nSPS) is 18.5. The molecule has 0 saturated carbocycles. The summed E-state index contributed by atoms with van der Waals surface area (Å²) in [7, 11) is 0. The number of fused-ring (bicyclic) bond motifs is 1. The molecule has 3 rings (SSSR count). The Balaban J connectivity index is 2.04. The van der Waals surface area contributed by atoms with E-state index >= 15 is 0 Å². The SMILES string of the molecule is C=C(c1ccc(C(=O)O)cc1)c1cc2c(cc1C)C(C)(C)CCC2C. The molecule has 1 unspecified atom stereocenters. The van der Waals surface area contributed by atoms with Crippen LogP contribution in [0.1, 0.15) is 77.7 Å². The number of hydrogen-bond donors (Lipinski definition) is 1. The van der Waals surface area contributed by atoms with Crippen LogP contribution >= 0.6 is 0 Å². The highest BCUT2D eigenvalue weighted by Crippen LogP contribution is 2.44. The third-order valence-electron chi connectivity index (χ3n) is 5.66. The van der Waals surface area contributed by atoms with Crippen LogP contribution in [0.3, 0.4) is 0 Å². The zero-order chi connectivity index (χ0) is 18.4. The summed E-state index contributed by atoms with van der Waals surface area (Å²) >= 11 is 0. The summed E-state index contributed by atoms with van der Waals surface area (Å²) in [5, 5.41) is 9.06. The summed E-state index contributed by atoms with van der Waals surface area (Å²) in [5.74, 6) is -0.345. The van der Waals surface area contributed by atoms with Gasteiger partial charge >= 0.3 is 5.97 Å². The van der Waals surface area contributed by atoms with Crippen LogP contribution in [-0.4, -0.2) is 11.1 Å². The second-order valence-electron chi connectivity index (χ2n) is 7.94. The van der Waals surface area contributed by atoms with Crippen molar-refractivity contribution >= 4 is 11.5 Å². The van der Waals surface area contributed by atoms with Crippen molar-refractivity contribution in [3.63, 3.8) is 0 Å². The molecule has 130 valence electrons. The van der Waals surface area contributed by atoms with E-state index in [0.29, 0.717) is 11.5 Å². The van der Waals surface area contributed by atoms with Crippen LogP contribution in [0.4, 0.5) is 0 Å². The van der Waals surface area contributed by atoms with Crippen LogP contribution in [0, 0.1) is 6.92 Å². The van der Waals surface area contributed by atoms with E-state index in [-0.39, 0.29) is 5.41 Å². The molecule has 1 atom stereocenters. The average molecular weight is 334 g/mol. The van der Waals surface area contributed by atoms with Gasteiger partial charge in [0.15, 0.2) is 0 Å². The van der Waals surface area contributed by atoms with Crippen LogP contribution in [0.15, 0.2) is 43.0 Å². The van der Waals surface area contributed by atoms with Crippen LogP contribution in [0.25, 0.3) is 5.57 Å². The molecule has 2 aromatic carbocycles. The monoisotopic (exact) mass is 334 g/mol. The fraction of sp³-hybridized carbons (Fsp3) is 0.348. The van der Waals surface area contributed by atoms with E-state index in [2.05, 4.69) is 46.4 Å². The van der Waals surface area contributed by atoms with Gasteiger partial charge in [-0.1, -0.05) is 51.6 Å². The summed E-state index contributed by atoms with van der Waals surface area (Å²) < 4.78 is 0. The van der Waals surface area contributed by atoms with Crippen molar-refractivity contribution < 1.29 is 9.90 Å². The zero-order valence-electron chi connectivity index (χ0n) is 15.5. The Morgan fingerprint density at radius 1 is 1.16 bits per heavy atom. The van der Waals surface area contributed by atoms with Crippen LogP contribution in [0.2, 0.25) is 0 Å². The molecular formula is C23H26O2. The molecule has 0 fully saturated rings. The van der Waals surface area contributed by atoms with Crippen molar-refractivity contribution in [2.45, 2.75) is 51.9 Å². The minimum atomic E-state index is -0.904. The molecule has 0 heterocycles. The van der Waals surface area contributed by atoms with Crippen molar-refractivity contribution in [1.82, 2.24) is 0 Å². The van der Waals surface area contributed by atoms with Crippen LogP contribution < -0.4 is 0 Å². The summed E-state index contributed by atoms with van der Waals surface area (Å²) in [4.78, 5) is 11.0. The van der Waals surface area contributed by atoms with E-state index in [9.17, 15) is 4.79 Å². The Hall–Kier alpha value is -2.35. The highest BCUT2D eigenvalue weighted by atomic mass is 16.4. The molecule has 0 spiro atoms. The topological polar surface area (TPSA) is 37.3 Å². The Kier molecular flexibility index (Phi) is 4.32. The van der Waals surface area contributed by atoms with Crippen molar-refractivity contribution in [3.8, 4) is 0 Å². The van der Waals surface area contributed by atoms with Gasteiger partial charge in [0.2, 0.25) is 0 Å². The standard InChI is InChI=1S/C23H26O2/c1-14-10-11-23(4,5)21-12-15(2)19(13-20(14)21)16(3)17-6-8-18(9-7-17)22(24)25/h6-9,12-14H,3,10-11H2,1-2,4-5H3,(H,24,25). The lowest BCUT2D eigenvalue weighted by atomic mass is 9.68. The lowest BCUT2D eigenvalue weighted by Crippen LogP contribution is -2.26. The Morgan fingerprint density at radius 3 is 2.36 bits per heavy atom. The second kappa shape index (κ2) is 6.18. The lowest BCUT2D eigenvalue weighted by Gasteiger charge is -2.37. The first-order valence-electron chi connectivity index (χ1n) is 8.89. The number of rotatable bonds is 3. The van der Waals surface area contributed by atoms with Gasteiger partial charge in [0.25, 0.3) is 0 Å². The molecule has 25 heavy (non-hydrogen) atoms. The predicted octanol–water partition coefficient (Wildman–Crippen LogP) is 5.93. The van der Waals surface area contributed by atoms with Crippen molar-refractivity contribution in [3.05, 3.63) is 76.4 Å². The smallest absolute Gasteiger partial charge is 0.335 e.